The number of benzene rings is 2. The second-order valence-electron chi connectivity index (χ2n) is 6.02. The molecule has 0 saturated heterocycles. The fraction of sp³-hybridized carbons (Fsp3) is 0.0526. The summed E-state index contributed by atoms with van der Waals surface area (Å²) in [4.78, 5) is 8.32. The Morgan fingerprint density at radius 1 is 1.11 bits per heavy atom. The molecule has 0 aliphatic carbocycles. The van der Waals surface area contributed by atoms with Gasteiger partial charge in [0, 0.05) is 29.9 Å². The average molecular weight is 399 g/mol. The van der Waals surface area contributed by atoms with E-state index in [0.717, 1.165) is 10.8 Å². The van der Waals surface area contributed by atoms with Gasteiger partial charge in [-0.1, -0.05) is 35.9 Å². The van der Waals surface area contributed by atoms with Gasteiger partial charge in [-0.2, -0.15) is 8.42 Å². The quantitative estimate of drug-likeness (QED) is 0.561. The highest BCUT2D eigenvalue weighted by Gasteiger charge is 2.19. The van der Waals surface area contributed by atoms with E-state index in [1.54, 1.807) is 31.4 Å². The van der Waals surface area contributed by atoms with Crippen LogP contribution in [0.2, 0.25) is 5.02 Å². The number of nitrogens with zero attached hydrogens (tertiary/aromatic N) is 3. The third-order valence-corrected chi connectivity index (χ3v) is 5.97. The second-order valence-corrected chi connectivity index (χ2v) is 8.06. The lowest BCUT2D eigenvalue weighted by molar-refractivity contribution is 0.591. The van der Waals surface area contributed by atoms with Crippen molar-refractivity contribution in [1.82, 2.24) is 14.5 Å². The van der Waals surface area contributed by atoms with Crippen LogP contribution in [0.25, 0.3) is 22.0 Å². The van der Waals surface area contributed by atoms with E-state index in [0.29, 0.717) is 22.0 Å². The van der Waals surface area contributed by atoms with Crippen LogP contribution in [0.3, 0.4) is 0 Å². The number of rotatable bonds is 4. The molecule has 0 radical (unpaired) electrons. The molecular formula is C19H15ClN4O2S. The highest BCUT2D eigenvalue weighted by Crippen LogP contribution is 2.34. The molecule has 0 spiro atoms. The van der Waals surface area contributed by atoms with Gasteiger partial charge in [-0.3, -0.25) is 9.71 Å². The minimum atomic E-state index is -3.77. The largest absolute Gasteiger partial charge is 0.323 e. The van der Waals surface area contributed by atoms with E-state index in [1.165, 1.54) is 17.1 Å². The Hall–Kier alpha value is -2.90. The Kier molecular flexibility index (Phi) is 4.33. The maximum atomic E-state index is 12.6. The van der Waals surface area contributed by atoms with Gasteiger partial charge < -0.3 is 4.57 Å². The van der Waals surface area contributed by atoms with Crippen molar-refractivity contribution in [3.05, 3.63) is 72.3 Å². The lowest BCUT2D eigenvalue weighted by Gasteiger charge is -2.12. The van der Waals surface area contributed by atoms with Gasteiger partial charge in [0.25, 0.3) is 10.0 Å². The van der Waals surface area contributed by atoms with E-state index in [2.05, 4.69) is 14.7 Å². The SMILES string of the molecule is Cn1cncc1S(=O)(=O)Nc1ccc(Cl)c(-c2nccc3ccccc23)c1. The summed E-state index contributed by atoms with van der Waals surface area (Å²) in [5.74, 6) is 0. The summed E-state index contributed by atoms with van der Waals surface area (Å²) in [6, 6.07) is 14.7. The molecule has 0 aliphatic heterocycles. The number of pyridine rings is 1. The zero-order chi connectivity index (χ0) is 19.0. The molecule has 136 valence electrons. The van der Waals surface area contributed by atoms with Crippen molar-refractivity contribution < 1.29 is 8.42 Å². The highest BCUT2D eigenvalue weighted by molar-refractivity contribution is 7.92. The van der Waals surface area contributed by atoms with Crippen molar-refractivity contribution in [2.75, 3.05) is 4.72 Å². The Morgan fingerprint density at radius 2 is 1.93 bits per heavy atom. The van der Waals surface area contributed by atoms with E-state index in [4.69, 9.17) is 11.6 Å². The maximum Gasteiger partial charge on any atom is 0.279 e. The summed E-state index contributed by atoms with van der Waals surface area (Å²) in [5, 5.41) is 2.53. The fourth-order valence-electron chi connectivity index (χ4n) is 2.92. The van der Waals surface area contributed by atoms with Gasteiger partial charge >= 0.3 is 0 Å². The monoisotopic (exact) mass is 398 g/mol. The average Bonchev–Trinajstić information content (AvgIpc) is 3.10. The fourth-order valence-corrected chi connectivity index (χ4v) is 4.29. The predicted molar refractivity (Wildman–Crippen MR) is 106 cm³/mol. The standard InChI is InChI=1S/C19H15ClN4O2S/c1-24-12-21-11-18(24)27(25,26)23-14-6-7-17(20)16(10-14)19-15-5-3-2-4-13(15)8-9-22-19/h2-12,23H,1H3. The number of anilines is 1. The molecule has 0 amide bonds. The molecule has 1 N–H and O–H groups in total. The molecule has 4 rings (SSSR count). The molecule has 6 nitrogen and oxygen atoms in total. The normalized spacial score (nSPS) is 11.6. The Bertz CT molecular complexity index is 1250. The number of nitrogens with one attached hydrogen (secondary N) is 1. The molecule has 8 heteroatoms. The first-order chi connectivity index (χ1) is 13.0. The molecule has 0 saturated carbocycles. The van der Waals surface area contributed by atoms with Crippen molar-refractivity contribution in [2.45, 2.75) is 5.03 Å². The smallest absolute Gasteiger partial charge is 0.279 e. The maximum absolute atomic E-state index is 12.6. The number of imidazole rings is 1. The number of sulfonamides is 1. The van der Waals surface area contributed by atoms with Gasteiger partial charge in [0.15, 0.2) is 5.03 Å². The summed E-state index contributed by atoms with van der Waals surface area (Å²) >= 11 is 6.40. The van der Waals surface area contributed by atoms with Gasteiger partial charge in [0.05, 0.1) is 23.2 Å². The van der Waals surface area contributed by atoms with Crippen molar-refractivity contribution in [2.24, 2.45) is 7.05 Å². The Balaban J connectivity index is 1.80. The van der Waals surface area contributed by atoms with Crippen molar-refractivity contribution >= 4 is 38.1 Å². The Labute approximate surface area is 161 Å². The van der Waals surface area contributed by atoms with Gasteiger partial charge in [-0.15, -0.1) is 0 Å². The summed E-state index contributed by atoms with van der Waals surface area (Å²) in [6.07, 6.45) is 4.44. The van der Waals surface area contributed by atoms with E-state index < -0.39 is 10.0 Å². The first-order valence-corrected chi connectivity index (χ1v) is 9.94. The number of hydrogen-bond acceptors (Lipinski definition) is 4. The van der Waals surface area contributed by atoms with Gasteiger partial charge in [0.1, 0.15) is 0 Å². The molecule has 2 aromatic heterocycles. The summed E-state index contributed by atoms with van der Waals surface area (Å²) in [7, 11) is -2.15. The summed E-state index contributed by atoms with van der Waals surface area (Å²) in [5.41, 5.74) is 1.74. The third kappa shape index (κ3) is 3.27. The lowest BCUT2D eigenvalue weighted by Crippen LogP contribution is -2.16. The first-order valence-electron chi connectivity index (χ1n) is 8.08. The second kappa shape index (κ2) is 6.68. The van der Waals surface area contributed by atoms with E-state index >= 15 is 0 Å². The number of aromatic nitrogens is 3. The molecule has 4 aromatic rings. The van der Waals surface area contributed by atoms with Gasteiger partial charge in [-0.05, 0) is 29.7 Å². The van der Waals surface area contributed by atoms with E-state index in [1.807, 2.05) is 30.3 Å². The van der Waals surface area contributed by atoms with Crippen LogP contribution in [-0.4, -0.2) is 23.0 Å². The predicted octanol–water partition coefficient (Wildman–Crippen LogP) is 4.09. The third-order valence-electron chi connectivity index (χ3n) is 4.20. The minimum absolute atomic E-state index is 0.0716. The van der Waals surface area contributed by atoms with E-state index in [-0.39, 0.29) is 5.03 Å². The lowest BCUT2D eigenvalue weighted by atomic mass is 10.0. The Morgan fingerprint density at radius 3 is 2.70 bits per heavy atom. The topological polar surface area (TPSA) is 76.9 Å². The molecule has 27 heavy (non-hydrogen) atoms. The van der Waals surface area contributed by atoms with Crippen LogP contribution in [-0.2, 0) is 17.1 Å². The number of hydrogen-bond donors (Lipinski definition) is 1. The van der Waals surface area contributed by atoms with Crippen LogP contribution < -0.4 is 4.72 Å². The number of halogens is 1. The van der Waals surface area contributed by atoms with Crippen molar-refractivity contribution in [3.8, 4) is 11.3 Å². The molecule has 2 heterocycles. The van der Waals surface area contributed by atoms with Crippen LogP contribution in [0.4, 0.5) is 5.69 Å². The van der Waals surface area contributed by atoms with Crippen LogP contribution in [0.5, 0.6) is 0 Å². The van der Waals surface area contributed by atoms with Gasteiger partial charge in [0.2, 0.25) is 0 Å². The molecule has 0 aliphatic rings. The molecular weight excluding hydrogens is 384 g/mol. The van der Waals surface area contributed by atoms with Gasteiger partial charge in [-0.25, -0.2) is 4.98 Å². The van der Waals surface area contributed by atoms with E-state index in [9.17, 15) is 8.42 Å². The van der Waals surface area contributed by atoms with Crippen molar-refractivity contribution in [3.63, 3.8) is 0 Å². The molecule has 0 atom stereocenters. The molecule has 0 fully saturated rings. The minimum Gasteiger partial charge on any atom is -0.323 e. The molecule has 0 bridgehead atoms. The summed E-state index contributed by atoms with van der Waals surface area (Å²) < 4.78 is 29.2. The van der Waals surface area contributed by atoms with Crippen LogP contribution in [0, 0.1) is 0 Å². The summed E-state index contributed by atoms with van der Waals surface area (Å²) in [6.45, 7) is 0. The molecule has 2 aromatic carbocycles. The first kappa shape index (κ1) is 17.5. The van der Waals surface area contributed by atoms with Crippen molar-refractivity contribution in [1.29, 1.82) is 0 Å². The van der Waals surface area contributed by atoms with Crippen LogP contribution in [0.1, 0.15) is 0 Å². The van der Waals surface area contributed by atoms with Crippen LogP contribution >= 0.6 is 11.6 Å². The highest BCUT2D eigenvalue weighted by atomic mass is 35.5. The number of fused-ring (bicyclic) bond motifs is 1. The number of aryl methyl sites for hydroxylation is 1. The molecule has 0 unspecified atom stereocenters. The zero-order valence-electron chi connectivity index (χ0n) is 14.3. The zero-order valence-corrected chi connectivity index (χ0v) is 15.9. The van der Waals surface area contributed by atoms with Crippen LogP contribution in [0.15, 0.2) is 72.3 Å².